The average Bonchev–Trinajstić information content (AvgIpc) is 3.69. The van der Waals surface area contributed by atoms with Crippen molar-refractivity contribution in [2.24, 2.45) is 11.8 Å². The maximum Gasteiger partial charge on any atom is 0.170 e. The zero-order valence-electron chi connectivity index (χ0n) is 23.9. The van der Waals surface area contributed by atoms with Gasteiger partial charge in [0.15, 0.2) is 11.4 Å². The number of benzene rings is 1. The number of anilines is 1. The molecule has 4 aliphatic rings. The van der Waals surface area contributed by atoms with Crippen molar-refractivity contribution in [2.45, 2.75) is 77.0 Å². The van der Waals surface area contributed by atoms with Gasteiger partial charge >= 0.3 is 0 Å². The Labute approximate surface area is 237 Å². The predicted octanol–water partition coefficient (Wildman–Crippen LogP) is 7.32. The molecule has 0 saturated heterocycles. The first-order chi connectivity index (χ1) is 19.5. The van der Waals surface area contributed by atoms with Gasteiger partial charge in [-0.2, -0.15) is 9.61 Å². The van der Waals surface area contributed by atoms with E-state index in [2.05, 4.69) is 49.2 Å². The summed E-state index contributed by atoms with van der Waals surface area (Å²) >= 11 is 0. The van der Waals surface area contributed by atoms with Gasteiger partial charge in [0, 0.05) is 37.6 Å². The fourth-order valence-corrected chi connectivity index (χ4v) is 6.83. The van der Waals surface area contributed by atoms with Crippen LogP contribution in [0, 0.1) is 18.8 Å². The number of rotatable bonds is 2. The van der Waals surface area contributed by atoms with Gasteiger partial charge in [0.2, 0.25) is 0 Å². The van der Waals surface area contributed by atoms with E-state index in [4.69, 9.17) is 14.8 Å². The van der Waals surface area contributed by atoms with Crippen LogP contribution in [-0.4, -0.2) is 40.6 Å². The van der Waals surface area contributed by atoms with Crippen molar-refractivity contribution >= 4 is 22.8 Å². The van der Waals surface area contributed by atoms with Gasteiger partial charge in [-0.3, -0.25) is 4.79 Å². The second-order valence-electron chi connectivity index (χ2n) is 12.3. The Balaban J connectivity index is 1.35. The van der Waals surface area contributed by atoms with Crippen molar-refractivity contribution in [1.29, 1.82) is 0 Å². The molecule has 0 N–H and O–H groups in total. The van der Waals surface area contributed by atoms with Crippen LogP contribution in [0.2, 0.25) is 0 Å². The van der Waals surface area contributed by atoms with E-state index in [9.17, 15) is 4.79 Å². The standard InChI is InChI=1S/C34H40N4O2/c1-22-12-15-31-28(19-22)34(39)27-11-4-3-10-26(27)30-20-32-35-29(25-7-5-8-25)21-33(38(32)36-30)37(2)17-16-23(24-13-14-24)9-6-18-40-31/h7,9,12,15,19-21,24,26-27H,3-6,8,10-11,13-14,16-18H2,1-2H3/b23-9+. The number of carbonyl (C=O) groups is 1. The zero-order valence-corrected chi connectivity index (χ0v) is 23.9. The highest BCUT2D eigenvalue weighted by Gasteiger charge is 2.36. The number of ketones is 1. The Hall–Kier alpha value is -3.41. The molecule has 40 heavy (non-hydrogen) atoms. The van der Waals surface area contributed by atoms with E-state index in [1.54, 1.807) is 5.57 Å². The maximum atomic E-state index is 14.2. The smallest absolute Gasteiger partial charge is 0.170 e. The molecule has 0 spiro atoms. The third-order valence-electron chi connectivity index (χ3n) is 9.45. The third-order valence-corrected chi connectivity index (χ3v) is 9.45. The minimum atomic E-state index is -0.102. The van der Waals surface area contributed by atoms with Crippen molar-refractivity contribution < 1.29 is 9.53 Å². The van der Waals surface area contributed by atoms with Crippen LogP contribution < -0.4 is 9.64 Å². The van der Waals surface area contributed by atoms with Crippen LogP contribution >= 0.6 is 0 Å². The van der Waals surface area contributed by atoms with Gasteiger partial charge in [-0.15, -0.1) is 0 Å². The SMILES string of the molecule is Cc1ccc2c(c1)C(=O)C1CCCCC1c1cc3nc(C4=CCC4)cc(n3n1)N(C)CC/C(C1CC1)=C\CCO2. The molecule has 2 atom stereocenters. The fourth-order valence-electron chi connectivity index (χ4n) is 6.83. The molecule has 2 unspecified atom stereocenters. The van der Waals surface area contributed by atoms with Gasteiger partial charge in [-0.25, -0.2) is 4.98 Å². The summed E-state index contributed by atoms with van der Waals surface area (Å²) in [6.07, 6.45) is 15.4. The van der Waals surface area contributed by atoms with E-state index in [0.29, 0.717) is 12.5 Å². The molecule has 2 bridgehead atoms. The van der Waals surface area contributed by atoms with Crippen molar-refractivity contribution in [3.8, 4) is 5.75 Å². The van der Waals surface area contributed by atoms with E-state index in [1.165, 1.54) is 18.4 Å². The van der Waals surface area contributed by atoms with Crippen LogP contribution in [0.15, 0.2) is 48.1 Å². The van der Waals surface area contributed by atoms with Crippen molar-refractivity contribution in [1.82, 2.24) is 14.6 Å². The van der Waals surface area contributed by atoms with Crippen molar-refractivity contribution in [3.63, 3.8) is 0 Å². The molecule has 208 valence electrons. The molecule has 1 aliphatic heterocycles. The van der Waals surface area contributed by atoms with E-state index >= 15 is 0 Å². The number of carbonyl (C=O) groups excluding carboxylic acids is 1. The van der Waals surface area contributed by atoms with Gasteiger partial charge in [0.25, 0.3) is 0 Å². The lowest BCUT2D eigenvalue weighted by Crippen LogP contribution is -2.27. The molecule has 7 rings (SSSR count). The molecule has 3 aliphatic carbocycles. The Morgan fingerprint density at radius 2 is 1.77 bits per heavy atom. The minimum Gasteiger partial charge on any atom is -0.493 e. The predicted molar refractivity (Wildman–Crippen MR) is 159 cm³/mol. The van der Waals surface area contributed by atoms with Crippen LogP contribution in [0.1, 0.15) is 97.4 Å². The summed E-state index contributed by atoms with van der Waals surface area (Å²) in [5.41, 5.74) is 7.65. The molecule has 3 heterocycles. The molecule has 2 fully saturated rings. The molecule has 6 nitrogen and oxygen atoms in total. The molecule has 1 aromatic carbocycles. The molecule has 3 aromatic rings. The summed E-state index contributed by atoms with van der Waals surface area (Å²) in [5, 5.41) is 5.19. The van der Waals surface area contributed by atoms with Gasteiger partial charge in [0.05, 0.1) is 23.6 Å². The second-order valence-corrected chi connectivity index (χ2v) is 12.3. The number of hydrogen-bond acceptors (Lipinski definition) is 5. The molecule has 6 heteroatoms. The van der Waals surface area contributed by atoms with Crippen molar-refractivity contribution in [2.75, 3.05) is 25.1 Å². The quantitative estimate of drug-likeness (QED) is 0.321. The summed E-state index contributed by atoms with van der Waals surface area (Å²) in [6.45, 7) is 3.58. The number of nitrogens with zero attached hydrogens (tertiary/aromatic N) is 4. The van der Waals surface area contributed by atoms with Gasteiger partial charge in [-0.05, 0) is 81.9 Å². The highest BCUT2D eigenvalue weighted by molar-refractivity contribution is 6.01. The minimum absolute atomic E-state index is 0.0830. The number of fused-ring (bicyclic) bond motifs is 4. The summed E-state index contributed by atoms with van der Waals surface area (Å²) in [5.74, 6) is 2.70. The lowest BCUT2D eigenvalue weighted by molar-refractivity contribution is 0.0862. The summed E-state index contributed by atoms with van der Waals surface area (Å²) in [7, 11) is 2.18. The highest BCUT2D eigenvalue weighted by atomic mass is 16.5. The van der Waals surface area contributed by atoms with E-state index in [0.717, 1.165) is 97.6 Å². The van der Waals surface area contributed by atoms with E-state index in [1.807, 2.05) is 16.6 Å². The Bertz CT molecular complexity index is 1510. The Kier molecular flexibility index (Phi) is 6.73. The number of allylic oxidation sites excluding steroid dienone is 2. The molecule has 2 saturated carbocycles. The number of hydrogen-bond donors (Lipinski definition) is 0. The van der Waals surface area contributed by atoms with Gasteiger partial charge in [0.1, 0.15) is 11.6 Å². The Morgan fingerprint density at radius 1 is 0.950 bits per heavy atom. The first-order valence-corrected chi connectivity index (χ1v) is 15.3. The summed E-state index contributed by atoms with van der Waals surface area (Å²) in [4.78, 5) is 21.6. The number of Topliss-reactive ketones (excluding diaryl/α,β-unsaturated/α-hetero) is 1. The van der Waals surface area contributed by atoms with Crippen LogP contribution in [0.5, 0.6) is 5.75 Å². The second kappa shape index (κ2) is 10.5. The fraction of sp³-hybridized carbons (Fsp3) is 0.500. The van der Waals surface area contributed by atoms with Crippen LogP contribution in [-0.2, 0) is 0 Å². The third kappa shape index (κ3) is 4.86. The largest absolute Gasteiger partial charge is 0.493 e. The normalized spacial score (nSPS) is 25.2. The highest BCUT2D eigenvalue weighted by Crippen LogP contribution is 2.42. The average molecular weight is 537 g/mol. The number of aryl methyl sites for hydroxylation is 1. The van der Waals surface area contributed by atoms with Crippen LogP contribution in [0.3, 0.4) is 0 Å². The molecule has 0 radical (unpaired) electrons. The van der Waals surface area contributed by atoms with Gasteiger partial charge in [-0.1, -0.05) is 42.2 Å². The lowest BCUT2D eigenvalue weighted by Gasteiger charge is -2.30. The van der Waals surface area contributed by atoms with Crippen LogP contribution in [0.4, 0.5) is 5.82 Å². The molecular weight excluding hydrogens is 496 g/mol. The zero-order chi connectivity index (χ0) is 27.2. The van der Waals surface area contributed by atoms with Gasteiger partial charge < -0.3 is 9.64 Å². The first-order valence-electron chi connectivity index (χ1n) is 15.3. The molecule has 0 amide bonds. The van der Waals surface area contributed by atoms with E-state index in [-0.39, 0.29) is 17.6 Å². The summed E-state index contributed by atoms with van der Waals surface area (Å²) in [6, 6.07) is 10.5. The van der Waals surface area contributed by atoms with E-state index < -0.39 is 0 Å². The number of ether oxygens (including phenoxy) is 1. The maximum absolute atomic E-state index is 14.2. The van der Waals surface area contributed by atoms with Crippen LogP contribution in [0.25, 0.3) is 11.2 Å². The molecular formula is C34H40N4O2. The molecule has 2 aromatic heterocycles. The lowest BCUT2D eigenvalue weighted by atomic mass is 9.74. The first kappa shape index (κ1) is 25.6. The summed E-state index contributed by atoms with van der Waals surface area (Å²) < 4.78 is 8.34. The Morgan fingerprint density at radius 3 is 2.55 bits per heavy atom. The van der Waals surface area contributed by atoms with Crippen molar-refractivity contribution in [3.05, 3.63) is 70.6 Å². The monoisotopic (exact) mass is 536 g/mol. The topological polar surface area (TPSA) is 59.7 Å². The number of aromatic nitrogens is 3.